The van der Waals surface area contributed by atoms with Crippen LogP contribution < -0.4 is 11.1 Å². The lowest BCUT2D eigenvalue weighted by atomic mass is 10.1. The molecule has 0 saturated heterocycles. The Labute approximate surface area is 111 Å². The molecule has 2 rings (SSSR count). The Morgan fingerprint density at radius 1 is 1.58 bits per heavy atom. The van der Waals surface area contributed by atoms with Crippen molar-refractivity contribution in [2.45, 2.75) is 32.2 Å². The second-order valence-electron chi connectivity index (χ2n) is 4.90. The number of benzene rings is 1. The number of nitro benzene ring substituents is 1. The molecule has 6 heteroatoms. The van der Waals surface area contributed by atoms with E-state index in [0.29, 0.717) is 5.92 Å². The molecule has 0 radical (unpaired) electrons. The molecular formula is C13H17N3O3. The highest BCUT2D eigenvalue weighted by atomic mass is 16.6. The van der Waals surface area contributed by atoms with Gasteiger partial charge in [-0.3, -0.25) is 14.9 Å². The maximum absolute atomic E-state index is 12.0. The van der Waals surface area contributed by atoms with E-state index in [4.69, 9.17) is 5.73 Å². The van der Waals surface area contributed by atoms with Gasteiger partial charge in [-0.15, -0.1) is 0 Å². The van der Waals surface area contributed by atoms with Gasteiger partial charge in [-0.25, -0.2) is 0 Å². The molecule has 1 amide bonds. The van der Waals surface area contributed by atoms with E-state index >= 15 is 0 Å². The number of carbonyl (C=O) groups excluding carboxylic acids is 1. The minimum atomic E-state index is -0.580. The topological polar surface area (TPSA) is 98.3 Å². The SMILES string of the molecule is CCCC1CC1NC(=O)c1ccc(N)c([N+](=O)[O-])c1. The Bertz CT molecular complexity index is 516. The van der Waals surface area contributed by atoms with Crippen molar-refractivity contribution in [2.24, 2.45) is 5.92 Å². The van der Waals surface area contributed by atoms with Crippen molar-refractivity contribution in [1.29, 1.82) is 0 Å². The molecule has 0 aliphatic heterocycles. The molecule has 0 aromatic heterocycles. The lowest BCUT2D eigenvalue weighted by Gasteiger charge is -2.05. The summed E-state index contributed by atoms with van der Waals surface area (Å²) < 4.78 is 0. The third kappa shape index (κ3) is 3.01. The largest absolute Gasteiger partial charge is 0.393 e. The number of nitrogens with one attached hydrogen (secondary N) is 1. The molecular weight excluding hydrogens is 246 g/mol. The third-order valence-electron chi connectivity index (χ3n) is 3.39. The molecule has 1 aromatic carbocycles. The Kier molecular flexibility index (Phi) is 3.69. The first-order chi connectivity index (χ1) is 9.02. The lowest BCUT2D eigenvalue weighted by Crippen LogP contribution is -2.26. The van der Waals surface area contributed by atoms with Crippen LogP contribution in [0.2, 0.25) is 0 Å². The van der Waals surface area contributed by atoms with Gasteiger partial charge in [0.1, 0.15) is 5.69 Å². The highest BCUT2D eigenvalue weighted by Gasteiger charge is 2.37. The molecule has 1 aromatic rings. The van der Waals surface area contributed by atoms with E-state index in [-0.39, 0.29) is 28.9 Å². The van der Waals surface area contributed by atoms with E-state index < -0.39 is 4.92 Å². The number of amides is 1. The van der Waals surface area contributed by atoms with Gasteiger partial charge in [0.25, 0.3) is 11.6 Å². The second-order valence-corrected chi connectivity index (χ2v) is 4.90. The van der Waals surface area contributed by atoms with Crippen LogP contribution in [0.1, 0.15) is 36.5 Å². The van der Waals surface area contributed by atoms with Crippen molar-refractivity contribution in [3.05, 3.63) is 33.9 Å². The van der Waals surface area contributed by atoms with Crippen LogP contribution in [-0.4, -0.2) is 16.9 Å². The number of anilines is 1. The number of rotatable bonds is 5. The van der Waals surface area contributed by atoms with Gasteiger partial charge < -0.3 is 11.1 Å². The third-order valence-corrected chi connectivity index (χ3v) is 3.39. The van der Waals surface area contributed by atoms with Gasteiger partial charge in [0.2, 0.25) is 0 Å². The summed E-state index contributed by atoms with van der Waals surface area (Å²) in [6, 6.07) is 4.34. The zero-order valence-corrected chi connectivity index (χ0v) is 10.8. The zero-order valence-electron chi connectivity index (χ0n) is 10.8. The van der Waals surface area contributed by atoms with Gasteiger partial charge in [0, 0.05) is 17.7 Å². The Morgan fingerprint density at radius 3 is 2.95 bits per heavy atom. The minimum Gasteiger partial charge on any atom is -0.393 e. The molecule has 1 fully saturated rings. The van der Waals surface area contributed by atoms with Crippen LogP contribution in [0.25, 0.3) is 0 Å². The highest BCUT2D eigenvalue weighted by Crippen LogP contribution is 2.34. The Hall–Kier alpha value is -2.11. The molecule has 0 heterocycles. The van der Waals surface area contributed by atoms with Gasteiger partial charge >= 0.3 is 0 Å². The number of nitrogen functional groups attached to an aromatic ring is 1. The van der Waals surface area contributed by atoms with Crippen LogP contribution in [0, 0.1) is 16.0 Å². The number of hydrogen-bond acceptors (Lipinski definition) is 4. The zero-order chi connectivity index (χ0) is 14.0. The van der Waals surface area contributed by atoms with E-state index in [9.17, 15) is 14.9 Å². The van der Waals surface area contributed by atoms with Crippen molar-refractivity contribution in [3.63, 3.8) is 0 Å². The smallest absolute Gasteiger partial charge is 0.292 e. The lowest BCUT2D eigenvalue weighted by molar-refractivity contribution is -0.383. The predicted octanol–water partition coefficient (Wildman–Crippen LogP) is 2.10. The summed E-state index contributed by atoms with van der Waals surface area (Å²) >= 11 is 0. The van der Waals surface area contributed by atoms with Crippen LogP contribution in [0.3, 0.4) is 0 Å². The molecule has 19 heavy (non-hydrogen) atoms. The van der Waals surface area contributed by atoms with Crippen molar-refractivity contribution < 1.29 is 9.72 Å². The molecule has 1 aliphatic rings. The van der Waals surface area contributed by atoms with Crippen molar-refractivity contribution >= 4 is 17.3 Å². The van der Waals surface area contributed by atoms with Crippen LogP contribution >= 0.6 is 0 Å². The van der Waals surface area contributed by atoms with E-state index in [0.717, 1.165) is 19.3 Å². The first-order valence-corrected chi connectivity index (χ1v) is 6.37. The molecule has 6 nitrogen and oxygen atoms in total. The van der Waals surface area contributed by atoms with E-state index in [1.54, 1.807) is 0 Å². The number of hydrogen-bond donors (Lipinski definition) is 2. The quantitative estimate of drug-likeness (QED) is 0.482. The molecule has 0 bridgehead atoms. The van der Waals surface area contributed by atoms with Crippen LogP contribution in [0.4, 0.5) is 11.4 Å². The molecule has 1 saturated carbocycles. The Morgan fingerprint density at radius 2 is 2.32 bits per heavy atom. The van der Waals surface area contributed by atoms with E-state index in [1.165, 1.54) is 18.2 Å². The van der Waals surface area contributed by atoms with E-state index in [2.05, 4.69) is 12.2 Å². The number of nitrogens with zero attached hydrogens (tertiary/aromatic N) is 1. The van der Waals surface area contributed by atoms with Crippen molar-refractivity contribution in [3.8, 4) is 0 Å². The normalized spacial score (nSPS) is 20.9. The molecule has 102 valence electrons. The van der Waals surface area contributed by atoms with Gasteiger partial charge in [-0.2, -0.15) is 0 Å². The van der Waals surface area contributed by atoms with E-state index in [1.807, 2.05) is 0 Å². The Balaban J connectivity index is 2.04. The molecule has 2 atom stereocenters. The summed E-state index contributed by atoms with van der Waals surface area (Å²) in [5.74, 6) is 0.282. The summed E-state index contributed by atoms with van der Waals surface area (Å²) in [6.45, 7) is 2.11. The monoisotopic (exact) mass is 263 g/mol. The van der Waals surface area contributed by atoms with Gasteiger partial charge in [-0.1, -0.05) is 13.3 Å². The summed E-state index contributed by atoms with van der Waals surface area (Å²) in [5, 5.41) is 13.7. The summed E-state index contributed by atoms with van der Waals surface area (Å²) in [5.41, 5.74) is 5.61. The first kappa shape index (κ1) is 13.3. The molecule has 3 N–H and O–H groups in total. The average Bonchev–Trinajstić information content (AvgIpc) is 3.07. The van der Waals surface area contributed by atoms with Crippen LogP contribution in [0.15, 0.2) is 18.2 Å². The maximum Gasteiger partial charge on any atom is 0.292 e. The number of nitrogens with two attached hydrogens (primary N) is 1. The number of nitro groups is 1. The van der Waals surface area contributed by atoms with Crippen LogP contribution in [0.5, 0.6) is 0 Å². The van der Waals surface area contributed by atoms with Gasteiger partial charge in [0.05, 0.1) is 4.92 Å². The highest BCUT2D eigenvalue weighted by molar-refractivity contribution is 5.96. The predicted molar refractivity (Wildman–Crippen MR) is 71.8 cm³/mol. The fourth-order valence-corrected chi connectivity index (χ4v) is 2.21. The summed E-state index contributed by atoms with van der Waals surface area (Å²) in [6.07, 6.45) is 3.20. The van der Waals surface area contributed by atoms with Crippen molar-refractivity contribution in [1.82, 2.24) is 5.32 Å². The van der Waals surface area contributed by atoms with Gasteiger partial charge in [-0.05, 0) is 30.9 Å². The summed E-state index contributed by atoms with van der Waals surface area (Å²) in [4.78, 5) is 22.1. The fourth-order valence-electron chi connectivity index (χ4n) is 2.21. The molecule has 0 spiro atoms. The number of carbonyl (C=O) groups is 1. The maximum atomic E-state index is 12.0. The second kappa shape index (κ2) is 5.26. The standard InChI is InChI=1S/C13H17N3O3/c1-2-3-8-6-11(8)15-13(17)9-4-5-10(14)12(7-9)16(18)19/h4-5,7-8,11H,2-3,6,14H2,1H3,(H,15,17). The van der Waals surface area contributed by atoms with Crippen molar-refractivity contribution in [2.75, 3.05) is 5.73 Å². The first-order valence-electron chi connectivity index (χ1n) is 6.37. The molecule has 2 unspecified atom stereocenters. The van der Waals surface area contributed by atoms with Crippen LogP contribution in [-0.2, 0) is 0 Å². The average molecular weight is 263 g/mol. The molecule has 1 aliphatic carbocycles. The van der Waals surface area contributed by atoms with Gasteiger partial charge in [0.15, 0.2) is 0 Å². The summed E-state index contributed by atoms with van der Waals surface area (Å²) in [7, 11) is 0. The fraction of sp³-hybridized carbons (Fsp3) is 0.462. The minimum absolute atomic E-state index is 0.0665.